The molecule has 0 aliphatic heterocycles. The Morgan fingerprint density at radius 3 is 1.75 bits per heavy atom. The van der Waals surface area contributed by atoms with Gasteiger partial charge in [-0.3, -0.25) is 0 Å². The van der Waals surface area contributed by atoms with Crippen molar-refractivity contribution in [3.8, 4) is 23.0 Å². The quantitative estimate of drug-likeness (QED) is 0.398. The van der Waals surface area contributed by atoms with Crippen molar-refractivity contribution in [3.63, 3.8) is 0 Å². The van der Waals surface area contributed by atoms with Crippen LogP contribution in [0.3, 0.4) is 0 Å². The predicted octanol–water partition coefficient (Wildman–Crippen LogP) is 7.09. The summed E-state index contributed by atoms with van der Waals surface area (Å²) in [5.74, 6) is 2.62. The van der Waals surface area contributed by atoms with Gasteiger partial charge in [-0.15, -0.1) is 0 Å². The molecule has 0 amide bonds. The summed E-state index contributed by atoms with van der Waals surface area (Å²) in [6.07, 6.45) is 0.127. The van der Waals surface area contributed by atoms with E-state index in [0.29, 0.717) is 11.5 Å². The third kappa shape index (κ3) is 6.59. The van der Waals surface area contributed by atoms with Crippen LogP contribution in [0.1, 0.15) is 56.9 Å². The first kappa shape index (κ1) is 23.8. The van der Waals surface area contributed by atoms with Gasteiger partial charge in [-0.2, -0.15) is 0 Å². The molecule has 3 rings (SSSR count). The lowest BCUT2D eigenvalue weighted by atomic mass is 9.96. The second-order valence-electron chi connectivity index (χ2n) is 9.39. The Kier molecular flexibility index (Phi) is 7.60. The van der Waals surface area contributed by atoms with Crippen molar-refractivity contribution in [2.24, 2.45) is 0 Å². The molecule has 4 heteroatoms. The van der Waals surface area contributed by atoms with E-state index in [0.717, 1.165) is 29.0 Å². The molecule has 170 valence electrons. The number of aliphatic hydroxyl groups is 1. The Labute approximate surface area is 192 Å². The number of benzene rings is 3. The fourth-order valence-electron chi connectivity index (χ4n) is 3.53. The second kappa shape index (κ2) is 10.2. The molecule has 0 spiro atoms. The number of ether oxygens (including phenoxy) is 2. The van der Waals surface area contributed by atoms with E-state index in [1.165, 1.54) is 5.56 Å². The van der Waals surface area contributed by atoms with Crippen LogP contribution in [0.15, 0.2) is 66.7 Å². The smallest absolute Gasteiger partial charge is 0.170 e. The van der Waals surface area contributed by atoms with Crippen LogP contribution in [0.2, 0.25) is 0 Å². The van der Waals surface area contributed by atoms with E-state index in [1.54, 1.807) is 0 Å². The fraction of sp³-hybridized carbons (Fsp3) is 0.357. The topological polar surface area (TPSA) is 50.7 Å². The van der Waals surface area contributed by atoms with Crippen LogP contribution >= 0.6 is 0 Å². The molecular formula is C28H35NO3. The Morgan fingerprint density at radius 1 is 0.781 bits per heavy atom. The summed E-state index contributed by atoms with van der Waals surface area (Å²) in [7, 11) is 0. The minimum absolute atomic E-state index is 0.0777. The summed E-state index contributed by atoms with van der Waals surface area (Å²) in [5, 5.41) is 14.6. The van der Waals surface area contributed by atoms with E-state index in [1.807, 2.05) is 80.6 Å². The number of nitrogens with one attached hydrogen (secondary N) is 1. The number of aliphatic hydroxyl groups excluding tert-OH is 1. The lowest BCUT2D eigenvalue weighted by Gasteiger charge is -2.31. The second-order valence-corrected chi connectivity index (χ2v) is 9.39. The van der Waals surface area contributed by atoms with Crippen LogP contribution in [0.4, 0.5) is 0 Å². The van der Waals surface area contributed by atoms with Crippen LogP contribution in [-0.4, -0.2) is 16.7 Å². The Hall–Kier alpha value is -2.82. The van der Waals surface area contributed by atoms with Gasteiger partial charge in [0.05, 0.1) is 6.10 Å². The van der Waals surface area contributed by atoms with Gasteiger partial charge in [-0.05, 0) is 83.0 Å². The maximum absolute atomic E-state index is 11.1. The molecule has 32 heavy (non-hydrogen) atoms. The van der Waals surface area contributed by atoms with Crippen LogP contribution in [0.25, 0.3) is 0 Å². The van der Waals surface area contributed by atoms with Crippen molar-refractivity contribution in [3.05, 3.63) is 83.4 Å². The van der Waals surface area contributed by atoms with Crippen molar-refractivity contribution in [2.45, 2.75) is 65.6 Å². The Morgan fingerprint density at radius 2 is 1.28 bits per heavy atom. The molecule has 0 aliphatic rings. The van der Waals surface area contributed by atoms with Gasteiger partial charge < -0.3 is 19.9 Å². The largest absolute Gasteiger partial charge is 0.453 e. The van der Waals surface area contributed by atoms with Crippen LogP contribution < -0.4 is 14.8 Å². The highest BCUT2D eigenvalue weighted by atomic mass is 16.5. The first-order valence-electron chi connectivity index (χ1n) is 11.2. The Balaban J connectivity index is 1.94. The fourth-order valence-corrected chi connectivity index (χ4v) is 3.53. The third-order valence-electron chi connectivity index (χ3n) is 5.25. The number of rotatable bonds is 8. The van der Waals surface area contributed by atoms with Gasteiger partial charge in [0, 0.05) is 11.6 Å². The third-order valence-corrected chi connectivity index (χ3v) is 5.25. The molecule has 0 aliphatic carbocycles. The zero-order chi connectivity index (χ0) is 23.3. The molecule has 2 atom stereocenters. The molecule has 2 unspecified atom stereocenters. The molecule has 2 N–H and O–H groups in total. The van der Waals surface area contributed by atoms with Crippen molar-refractivity contribution >= 4 is 0 Å². The minimum atomic E-state index is -0.673. The van der Waals surface area contributed by atoms with Gasteiger partial charge in [-0.25, -0.2) is 0 Å². The maximum atomic E-state index is 11.1. The molecule has 0 fully saturated rings. The van der Waals surface area contributed by atoms with Gasteiger partial charge in [0.15, 0.2) is 11.5 Å². The van der Waals surface area contributed by atoms with Gasteiger partial charge in [0.1, 0.15) is 11.5 Å². The highest BCUT2D eigenvalue weighted by Gasteiger charge is 2.25. The van der Waals surface area contributed by atoms with E-state index in [4.69, 9.17) is 9.47 Å². The summed E-state index contributed by atoms with van der Waals surface area (Å²) in [6.45, 7) is 12.5. The summed E-state index contributed by atoms with van der Waals surface area (Å²) in [5.41, 5.74) is 3.02. The summed E-state index contributed by atoms with van der Waals surface area (Å²) in [6, 6.07) is 21.4. The summed E-state index contributed by atoms with van der Waals surface area (Å²) < 4.78 is 12.3. The normalized spacial score (nSPS) is 13.5. The zero-order valence-corrected chi connectivity index (χ0v) is 20.0. The average molecular weight is 434 g/mol. The molecule has 0 aromatic heterocycles. The van der Waals surface area contributed by atoms with E-state index >= 15 is 0 Å². The lowest BCUT2D eigenvalue weighted by Crippen LogP contribution is -2.46. The van der Waals surface area contributed by atoms with Crippen LogP contribution in [0, 0.1) is 13.8 Å². The first-order valence-corrected chi connectivity index (χ1v) is 11.2. The van der Waals surface area contributed by atoms with E-state index < -0.39 is 6.10 Å². The molecule has 0 saturated heterocycles. The SMILES string of the molecule is CCC(NC(C)(C)C)C(O)c1ccc(Oc2ccc(C)cc2)c(Oc2ccc(C)cc2)c1. The average Bonchev–Trinajstić information content (AvgIpc) is 2.75. The molecule has 0 heterocycles. The predicted molar refractivity (Wildman–Crippen MR) is 131 cm³/mol. The molecule has 3 aromatic rings. The molecule has 0 radical (unpaired) electrons. The van der Waals surface area contributed by atoms with Crippen molar-refractivity contribution in [1.29, 1.82) is 0 Å². The zero-order valence-electron chi connectivity index (χ0n) is 20.0. The molecule has 0 bridgehead atoms. The Bertz CT molecular complexity index is 1000. The standard InChI is InChI=1S/C28H35NO3/c1-7-24(29-28(4,5)6)27(30)21-12-17-25(31-22-13-8-19(2)9-14-22)26(18-21)32-23-15-10-20(3)11-16-23/h8-18,24,27,29-30H,7H2,1-6H3. The minimum Gasteiger partial charge on any atom is -0.453 e. The van der Waals surface area contributed by atoms with Crippen molar-refractivity contribution < 1.29 is 14.6 Å². The number of hydrogen-bond acceptors (Lipinski definition) is 4. The molecule has 3 aromatic carbocycles. The van der Waals surface area contributed by atoms with Gasteiger partial charge >= 0.3 is 0 Å². The van der Waals surface area contributed by atoms with E-state index in [-0.39, 0.29) is 11.6 Å². The summed E-state index contributed by atoms with van der Waals surface area (Å²) >= 11 is 0. The highest BCUT2D eigenvalue weighted by molar-refractivity contribution is 5.48. The summed E-state index contributed by atoms with van der Waals surface area (Å²) in [4.78, 5) is 0. The number of aryl methyl sites for hydroxylation is 2. The number of hydrogen-bond donors (Lipinski definition) is 2. The maximum Gasteiger partial charge on any atom is 0.170 e. The van der Waals surface area contributed by atoms with Crippen molar-refractivity contribution in [2.75, 3.05) is 0 Å². The van der Waals surface area contributed by atoms with Gasteiger partial charge in [-0.1, -0.05) is 48.4 Å². The van der Waals surface area contributed by atoms with Gasteiger partial charge in [0.25, 0.3) is 0 Å². The van der Waals surface area contributed by atoms with E-state index in [2.05, 4.69) is 33.0 Å². The molecule has 4 nitrogen and oxygen atoms in total. The molecular weight excluding hydrogens is 398 g/mol. The molecule has 0 saturated carbocycles. The van der Waals surface area contributed by atoms with E-state index in [9.17, 15) is 5.11 Å². The monoisotopic (exact) mass is 433 g/mol. The van der Waals surface area contributed by atoms with Crippen LogP contribution in [-0.2, 0) is 0 Å². The lowest BCUT2D eigenvalue weighted by molar-refractivity contribution is 0.110. The van der Waals surface area contributed by atoms with Crippen LogP contribution in [0.5, 0.6) is 23.0 Å². The van der Waals surface area contributed by atoms with Crippen molar-refractivity contribution in [1.82, 2.24) is 5.32 Å². The highest BCUT2D eigenvalue weighted by Crippen LogP contribution is 2.38. The van der Waals surface area contributed by atoms with Gasteiger partial charge in [0.2, 0.25) is 0 Å². The first-order chi connectivity index (χ1) is 15.1.